The summed E-state index contributed by atoms with van der Waals surface area (Å²) in [6, 6.07) is 17.2. The Kier molecular flexibility index (Phi) is 12.4. The van der Waals surface area contributed by atoms with Crippen LogP contribution in [0.25, 0.3) is 0 Å². The zero-order chi connectivity index (χ0) is 32.5. The first-order valence-corrected chi connectivity index (χ1v) is 16.3. The van der Waals surface area contributed by atoms with Crippen molar-refractivity contribution in [2.75, 3.05) is 15.3 Å². The Morgan fingerprint density at radius 2 is 1.44 bits per heavy atom. The van der Waals surface area contributed by atoms with E-state index in [-0.39, 0.29) is 23.0 Å². The molecule has 0 bridgehead atoms. The predicted octanol–water partition coefficient (Wildman–Crippen LogP) is 6.46. The van der Waals surface area contributed by atoms with Gasteiger partial charge in [-0.25, -0.2) is 0 Å². The third-order valence-electron chi connectivity index (χ3n) is 5.31. The third kappa shape index (κ3) is 10.8. The van der Waals surface area contributed by atoms with Crippen molar-refractivity contribution in [2.45, 2.75) is 34.1 Å². The number of carbonyl (C=O) groups is 5. The van der Waals surface area contributed by atoms with E-state index in [0.717, 1.165) is 22.1 Å². The summed E-state index contributed by atoms with van der Waals surface area (Å²) in [5.74, 6) is -2.22. The Balaban J connectivity index is 0.000000231. The number of hydroxylamine groups is 1. The van der Waals surface area contributed by atoms with Crippen LogP contribution in [0.2, 0.25) is 0 Å². The molecule has 0 fully saturated rings. The summed E-state index contributed by atoms with van der Waals surface area (Å²) in [5.41, 5.74) is 1.58. The number of carbonyl (C=O) groups excluding carboxylic acids is 5. The molecule has 43 heavy (non-hydrogen) atoms. The fourth-order valence-electron chi connectivity index (χ4n) is 3.31. The average Bonchev–Trinajstić information content (AvgIpc) is 3.22. The zero-order valence-corrected chi connectivity index (χ0v) is 25.8. The Bertz CT molecular complexity index is 1510. The molecule has 3 aromatic carbocycles. The van der Waals surface area contributed by atoms with E-state index in [2.05, 4.69) is 10.1 Å². The van der Waals surface area contributed by atoms with Crippen molar-refractivity contribution in [2.24, 2.45) is 0 Å². The first kappa shape index (κ1) is 34.9. The summed E-state index contributed by atoms with van der Waals surface area (Å²) in [7, 11) is 0. The molecule has 0 aliphatic carbocycles. The molecule has 2 amide bonds. The van der Waals surface area contributed by atoms with Gasteiger partial charge in [0.2, 0.25) is 11.8 Å². The Morgan fingerprint density at radius 1 is 0.884 bits per heavy atom. The number of halogens is 4. The number of amides is 2. The Labute approximate surface area is 252 Å². The molecule has 1 aliphatic heterocycles. The second kappa shape index (κ2) is 15.2. The summed E-state index contributed by atoms with van der Waals surface area (Å²) >= 11 is -1.52. The van der Waals surface area contributed by atoms with Gasteiger partial charge in [-0.2, -0.15) is 5.06 Å². The number of rotatable bonds is 5. The minimum atomic E-state index is -4.90. The van der Waals surface area contributed by atoms with Gasteiger partial charge in [0.05, 0.1) is 11.4 Å². The Morgan fingerprint density at radius 3 is 1.93 bits per heavy atom. The summed E-state index contributed by atoms with van der Waals surface area (Å²) < 4.78 is 46.6. The minimum absolute atomic E-state index is 0.0520. The maximum atomic E-state index is 12.2. The number of ether oxygens (including phenoxy) is 1. The SMILES string of the molecule is CC(=O)Nc1ccc(C(C)=O)cc1OC(F)(F)F.CC(=O)c1ccc(N(O)C(C)=O)cc1.CI1OC(=O)c2ccccc21. The third-order valence-corrected chi connectivity index (χ3v) is 8.95. The number of nitrogens with zero attached hydrogens (tertiary/aromatic N) is 1. The molecule has 4 rings (SSSR count). The molecule has 2 N–H and O–H groups in total. The van der Waals surface area contributed by atoms with Gasteiger partial charge in [0, 0.05) is 25.0 Å². The summed E-state index contributed by atoms with van der Waals surface area (Å²) in [4.78, 5) is 56.7. The molecule has 0 saturated heterocycles. The fourth-order valence-corrected chi connectivity index (χ4v) is 6.32. The molecule has 14 heteroatoms. The number of hydrogen-bond donors (Lipinski definition) is 2. The quantitative estimate of drug-likeness (QED) is 0.101. The second-order valence-corrected chi connectivity index (χ2v) is 12.7. The molecule has 0 unspecified atom stereocenters. The topological polar surface area (TPSA) is 139 Å². The van der Waals surface area contributed by atoms with Crippen LogP contribution in [-0.4, -0.2) is 45.9 Å². The van der Waals surface area contributed by atoms with Crippen LogP contribution >= 0.6 is 20.2 Å². The van der Waals surface area contributed by atoms with Gasteiger partial charge < -0.3 is 10.1 Å². The summed E-state index contributed by atoms with van der Waals surface area (Å²) in [6.45, 7) is 5.07. The fraction of sp³-hybridized carbons (Fsp3) is 0.207. The molecule has 1 aliphatic rings. The zero-order valence-electron chi connectivity index (χ0n) is 23.6. The van der Waals surface area contributed by atoms with E-state index in [4.69, 9.17) is 3.07 Å². The van der Waals surface area contributed by atoms with Crippen LogP contribution in [-0.2, 0) is 12.7 Å². The number of fused-ring (bicyclic) bond motifs is 1. The number of alkyl halides is 4. The van der Waals surface area contributed by atoms with Gasteiger partial charge >= 0.3 is 78.8 Å². The van der Waals surface area contributed by atoms with Crippen LogP contribution in [0.15, 0.2) is 66.7 Å². The van der Waals surface area contributed by atoms with Crippen LogP contribution in [0, 0.1) is 3.57 Å². The molecule has 0 radical (unpaired) electrons. The monoisotopic (exact) mass is 716 g/mol. The van der Waals surface area contributed by atoms with Crippen LogP contribution in [0.5, 0.6) is 5.75 Å². The van der Waals surface area contributed by atoms with E-state index in [1.807, 2.05) is 29.2 Å². The van der Waals surface area contributed by atoms with Gasteiger partial charge in [0.15, 0.2) is 17.3 Å². The van der Waals surface area contributed by atoms with Crippen molar-refractivity contribution in [3.63, 3.8) is 0 Å². The van der Waals surface area contributed by atoms with Gasteiger partial charge in [-0.3, -0.25) is 24.4 Å². The number of anilines is 2. The molecule has 10 nitrogen and oxygen atoms in total. The molecule has 3 aromatic rings. The van der Waals surface area contributed by atoms with E-state index in [9.17, 15) is 42.4 Å². The first-order chi connectivity index (χ1) is 20.0. The number of hydrogen-bond acceptors (Lipinski definition) is 8. The van der Waals surface area contributed by atoms with E-state index >= 15 is 0 Å². The molecular weight excluding hydrogens is 688 g/mol. The number of Topliss-reactive ketones (excluding diaryl/α,β-unsaturated/α-hetero) is 2. The van der Waals surface area contributed by atoms with Crippen molar-refractivity contribution < 1.29 is 50.2 Å². The van der Waals surface area contributed by atoms with E-state index < -0.39 is 49.9 Å². The van der Waals surface area contributed by atoms with Gasteiger partial charge in [-0.1, -0.05) is 0 Å². The van der Waals surface area contributed by atoms with Crippen LogP contribution in [0.4, 0.5) is 24.5 Å². The first-order valence-electron chi connectivity index (χ1n) is 12.2. The maximum absolute atomic E-state index is 12.2. The van der Waals surface area contributed by atoms with Gasteiger partial charge in [0.25, 0.3) is 0 Å². The number of nitrogens with one attached hydrogen (secondary N) is 1. The van der Waals surface area contributed by atoms with Crippen molar-refractivity contribution in [3.8, 4) is 5.75 Å². The molecule has 0 aromatic heterocycles. The number of benzene rings is 3. The molecule has 230 valence electrons. The van der Waals surface area contributed by atoms with Crippen molar-refractivity contribution >= 4 is 61.0 Å². The summed E-state index contributed by atoms with van der Waals surface area (Å²) in [5, 5.41) is 11.9. The Hall–Kier alpha value is -4.31. The molecule has 0 saturated carbocycles. The van der Waals surface area contributed by atoms with Crippen molar-refractivity contribution in [1.29, 1.82) is 0 Å². The molecule has 1 heterocycles. The van der Waals surface area contributed by atoms with Crippen LogP contribution < -0.4 is 15.1 Å². The van der Waals surface area contributed by atoms with Crippen LogP contribution in [0.3, 0.4) is 0 Å². The molecule has 0 atom stereocenters. The molecular formula is C29H28F3IN2O8. The standard InChI is InChI=1S/C11H10F3NO3.C10H11NO3.C8H7IO2/c1-6(16)8-3-4-9(15-7(2)17)10(5-8)18-11(12,13)14;1-7(12)9-3-5-10(6-4-9)11(14)8(2)13;1-9-7-5-3-2-4-6(7)8(10)11-9/h3-5H,1-2H3,(H,15,17);3-6,14H,1-2H3;2-5H,1H3. The van der Waals surface area contributed by atoms with Gasteiger partial charge in [-0.15, -0.1) is 13.2 Å². The van der Waals surface area contributed by atoms with E-state index in [1.54, 1.807) is 12.1 Å². The van der Waals surface area contributed by atoms with Crippen molar-refractivity contribution in [1.82, 2.24) is 0 Å². The predicted molar refractivity (Wildman–Crippen MR) is 159 cm³/mol. The summed E-state index contributed by atoms with van der Waals surface area (Å²) in [6.07, 6.45) is -4.90. The van der Waals surface area contributed by atoms with Gasteiger partial charge in [0.1, 0.15) is 0 Å². The van der Waals surface area contributed by atoms with Crippen LogP contribution in [0.1, 0.15) is 58.8 Å². The van der Waals surface area contributed by atoms with Crippen molar-refractivity contribution in [3.05, 3.63) is 87.0 Å². The average molecular weight is 716 g/mol. The second-order valence-electron chi connectivity index (χ2n) is 8.69. The normalized spacial score (nSPS) is 12.3. The van der Waals surface area contributed by atoms with Gasteiger partial charge in [-0.05, 0) is 56.3 Å². The molecule has 0 spiro atoms. The van der Waals surface area contributed by atoms with E-state index in [0.29, 0.717) is 16.3 Å². The van der Waals surface area contributed by atoms with E-state index in [1.165, 1.54) is 45.0 Å². The number of ketones is 2.